The maximum atomic E-state index is 13.4. The van der Waals surface area contributed by atoms with Crippen molar-refractivity contribution >= 4 is 51.2 Å². The molecule has 2 amide bonds. The van der Waals surface area contributed by atoms with Gasteiger partial charge in [0, 0.05) is 40.5 Å². The second-order valence-corrected chi connectivity index (χ2v) is 7.89. The first kappa shape index (κ1) is 20.2. The molecule has 0 spiro atoms. The fraction of sp³-hybridized carbons (Fsp3) is 0.182. The largest absolute Gasteiger partial charge is 0.506 e. The lowest BCUT2D eigenvalue weighted by Crippen LogP contribution is -2.41. The SMILES string of the molecule is O=C1c2cccc3c(N4CCOCC4)c([N+](=O)[O-])cc(c23)C(=O)N1c1cc(Cl)ccc1O. The van der Waals surface area contributed by atoms with Crippen LogP contribution >= 0.6 is 11.6 Å². The minimum absolute atomic E-state index is 0.0123. The van der Waals surface area contributed by atoms with Crippen LogP contribution in [0.2, 0.25) is 5.02 Å². The van der Waals surface area contributed by atoms with Crippen molar-refractivity contribution in [1.82, 2.24) is 0 Å². The molecule has 0 unspecified atom stereocenters. The van der Waals surface area contributed by atoms with Crippen molar-refractivity contribution in [2.75, 3.05) is 36.1 Å². The van der Waals surface area contributed by atoms with Gasteiger partial charge in [-0.2, -0.15) is 0 Å². The monoisotopic (exact) mass is 453 g/mol. The zero-order valence-electron chi connectivity index (χ0n) is 16.6. The van der Waals surface area contributed by atoms with Gasteiger partial charge in [-0.25, -0.2) is 4.90 Å². The lowest BCUT2D eigenvalue weighted by molar-refractivity contribution is -0.384. The lowest BCUT2D eigenvalue weighted by atomic mass is 9.91. The Kier molecular flexibility index (Phi) is 4.72. The number of hydrogen-bond acceptors (Lipinski definition) is 7. The number of amides is 2. The molecule has 2 aliphatic rings. The Morgan fingerprint density at radius 1 is 1.03 bits per heavy atom. The summed E-state index contributed by atoms with van der Waals surface area (Å²) in [5, 5.41) is 23.3. The molecule has 1 N–H and O–H groups in total. The molecule has 0 bridgehead atoms. The number of carbonyl (C=O) groups is 2. The highest BCUT2D eigenvalue weighted by molar-refractivity contribution is 6.38. The Labute approximate surface area is 186 Å². The maximum Gasteiger partial charge on any atom is 0.293 e. The minimum atomic E-state index is -0.770. The molecule has 2 aliphatic heterocycles. The average molecular weight is 454 g/mol. The van der Waals surface area contributed by atoms with Gasteiger partial charge in [-0.05, 0) is 24.3 Å². The molecule has 0 radical (unpaired) electrons. The fourth-order valence-electron chi connectivity index (χ4n) is 4.29. The van der Waals surface area contributed by atoms with Crippen molar-refractivity contribution in [2.45, 2.75) is 0 Å². The number of nitro benzene ring substituents is 1. The highest BCUT2D eigenvalue weighted by atomic mass is 35.5. The second-order valence-electron chi connectivity index (χ2n) is 7.46. The van der Waals surface area contributed by atoms with E-state index in [0.717, 1.165) is 4.90 Å². The number of anilines is 2. The molecule has 162 valence electrons. The van der Waals surface area contributed by atoms with Crippen molar-refractivity contribution in [1.29, 1.82) is 0 Å². The van der Waals surface area contributed by atoms with Gasteiger partial charge in [0.15, 0.2) is 0 Å². The molecule has 32 heavy (non-hydrogen) atoms. The van der Waals surface area contributed by atoms with Gasteiger partial charge in [0.2, 0.25) is 0 Å². The molecule has 10 heteroatoms. The summed E-state index contributed by atoms with van der Waals surface area (Å²) < 4.78 is 5.37. The molecule has 3 aromatic carbocycles. The van der Waals surface area contributed by atoms with Crippen LogP contribution in [0, 0.1) is 10.1 Å². The molecule has 3 aromatic rings. The van der Waals surface area contributed by atoms with Gasteiger partial charge < -0.3 is 14.7 Å². The average Bonchev–Trinajstić information content (AvgIpc) is 2.79. The topological polar surface area (TPSA) is 113 Å². The number of halogens is 1. The van der Waals surface area contributed by atoms with Gasteiger partial charge in [-0.15, -0.1) is 0 Å². The van der Waals surface area contributed by atoms with E-state index >= 15 is 0 Å². The highest BCUT2D eigenvalue weighted by Gasteiger charge is 2.39. The second kappa shape index (κ2) is 7.47. The van der Waals surface area contributed by atoms with E-state index in [0.29, 0.717) is 42.8 Å². The Hall–Kier alpha value is -3.69. The van der Waals surface area contributed by atoms with Gasteiger partial charge in [-0.1, -0.05) is 23.7 Å². The number of ether oxygens (including phenoxy) is 1. The molecule has 0 aliphatic carbocycles. The van der Waals surface area contributed by atoms with Gasteiger partial charge in [0.25, 0.3) is 17.5 Å². The van der Waals surface area contributed by atoms with Crippen LogP contribution in [0.5, 0.6) is 5.75 Å². The third-order valence-corrected chi connectivity index (χ3v) is 5.92. The summed E-state index contributed by atoms with van der Waals surface area (Å²) in [6.07, 6.45) is 0. The van der Waals surface area contributed by atoms with Crippen LogP contribution in [0.25, 0.3) is 10.8 Å². The van der Waals surface area contributed by atoms with Crippen molar-refractivity contribution in [3.8, 4) is 5.75 Å². The van der Waals surface area contributed by atoms with E-state index in [1.165, 1.54) is 24.3 Å². The van der Waals surface area contributed by atoms with Crippen molar-refractivity contribution in [3.05, 3.63) is 68.7 Å². The Balaban J connectivity index is 1.79. The molecule has 0 saturated carbocycles. The summed E-state index contributed by atoms with van der Waals surface area (Å²) in [6.45, 7) is 1.73. The number of phenols is 1. The summed E-state index contributed by atoms with van der Waals surface area (Å²) >= 11 is 6.02. The third kappa shape index (κ3) is 2.97. The number of phenolic OH excluding ortho intramolecular Hbond substituents is 1. The van der Waals surface area contributed by atoms with Crippen LogP contribution in [0.4, 0.5) is 17.1 Å². The highest BCUT2D eigenvalue weighted by Crippen LogP contribution is 2.44. The van der Waals surface area contributed by atoms with Crippen LogP contribution in [-0.4, -0.2) is 48.1 Å². The Morgan fingerprint density at radius 2 is 1.75 bits per heavy atom. The van der Waals surface area contributed by atoms with Crippen molar-refractivity contribution < 1.29 is 24.4 Å². The van der Waals surface area contributed by atoms with E-state index in [1.54, 1.807) is 18.2 Å². The molecule has 2 heterocycles. The number of hydrogen-bond donors (Lipinski definition) is 1. The zero-order valence-corrected chi connectivity index (χ0v) is 17.3. The minimum Gasteiger partial charge on any atom is -0.506 e. The van der Waals surface area contributed by atoms with E-state index in [1.807, 2.05) is 4.90 Å². The standard InChI is InChI=1S/C22H16ClN3O6/c23-12-4-5-18(27)16(10-12)25-21(28)14-3-1-2-13-19(14)15(22(25)29)11-17(26(30)31)20(13)24-6-8-32-9-7-24/h1-5,10-11,27H,6-9H2. The molecule has 9 nitrogen and oxygen atoms in total. The number of morpholine rings is 1. The molecule has 1 fully saturated rings. The number of nitrogens with zero attached hydrogens (tertiary/aromatic N) is 3. The Morgan fingerprint density at radius 3 is 2.47 bits per heavy atom. The fourth-order valence-corrected chi connectivity index (χ4v) is 4.45. The summed E-state index contributed by atoms with van der Waals surface area (Å²) in [4.78, 5) is 40.9. The van der Waals surface area contributed by atoms with Crippen LogP contribution in [0.1, 0.15) is 20.7 Å². The maximum absolute atomic E-state index is 13.4. The number of carbonyl (C=O) groups excluding carboxylic acids is 2. The van der Waals surface area contributed by atoms with E-state index in [9.17, 15) is 24.8 Å². The van der Waals surface area contributed by atoms with Gasteiger partial charge in [0.05, 0.1) is 29.4 Å². The normalized spacial score (nSPS) is 16.0. The predicted molar refractivity (Wildman–Crippen MR) is 118 cm³/mol. The zero-order chi connectivity index (χ0) is 22.6. The molecular weight excluding hydrogens is 438 g/mol. The number of imide groups is 1. The van der Waals surface area contributed by atoms with Crippen molar-refractivity contribution in [3.63, 3.8) is 0 Å². The number of rotatable bonds is 3. The van der Waals surface area contributed by atoms with Crippen LogP contribution < -0.4 is 9.80 Å². The van der Waals surface area contributed by atoms with E-state index in [2.05, 4.69) is 0 Å². The smallest absolute Gasteiger partial charge is 0.293 e. The molecule has 5 rings (SSSR count). The van der Waals surface area contributed by atoms with Gasteiger partial charge >= 0.3 is 0 Å². The van der Waals surface area contributed by atoms with E-state index in [4.69, 9.17) is 16.3 Å². The number of nitro groups is 1. The first-order chi connectivity index (χ1) is 15.4. The Bertz CT molecular complexity index is 1320. The summed E-state index contributed by atoms with van der Waals surface area (Å²) in [6, 6.07) is 10.1. The first-order valence-electron chi connectivity index (χ1n) is 9.82. The summed E-state index contributed by atoms with van der Waals surface area (Å²) in [5.41, 5.74) is 0.261. The number of aromatic hydroxyl groups is 1. The number of benzene rings is 3. The van der Waals surface area contributed by atoms with E-state index < -0.39 is 16.7 Å². The van der Waals surface area contributed by atoms with Crippen LogP contribution in [0.3, 0.4) is 0 Å². The van der Waals surface area contributed by atoms with Crippen LogP contribution in [-0.2, 0) is 4.74 Å². The molecule has 1 saturated heterocycles. The summed E-state index contributed by atoms with van der Waals surface area (Å²) in [5.74, 6) is -1.73. The van der Waals surface area contributed by atoms with Gasteiger partial charge in [0.1, 0.15) is 11.4 Å². The quantitative estimate of drug-likeness (QED) is 0.365. The molecule has 0 aromatic heterocycles. The molecule has 0 atom stereocenters. The van der Waals surface area contributed by atoms with Gasteiger partial charge in [-0.3, -0.25) is 19.7 Å². The molecular formula is C22H16ClN3O6. The third-order valence-electron chi connectivity index (χ3n) is 5.68. The lowest BCUT2D eigenvalue weighted by Gasteiger charge is -2.32. The summed E-state index contributed by atoms with van der Waals surface area (Å²) in [7, 11) is 0. The van der Waals surface area contributed by atoms with Crippen LogP contribution in [0.15, 0.2) is 42.5 Å². The van der Waals surface area contributed by atoms with Crippen molar-refractivity contribution in [2.24, 2.45) is 0 Å². The van der Waals surface area contributed by atoms with E-state index in [-0.39, 0.29) is 33.3 Å². The first-order valence-corrected chi connectivity index (χ1v) is 10.2. The predicted octanol–water partition coefficient (Wildman–Crippen LogP) is 3.74.